The van der Waals surface area contributed by atoms with Crippen molar-refractivity contribution in [1.29, 1.82) is 0 Å². The first kappa shape index (κ1) is 12.5. The molecular formula is C15H19ClO2. The van der Waals surface area contributed by atoms with E-state index in [0.29, 0.717) is 5.92 Å². The molecular weight excluding hydrogens is 248 g/mol. The fourth-order valence-corrected chi connectivity index (χ4v) is 3.75. The van der Waals surface area contributed by atoms with Gasteiger partial charge in [-0.3, -0.25) is 0 Å². The van der Waals surface area contributed by atoms with Crippen LogP contribution in [0.1, 0.15) is 31.2 Å². The monoisotopic (exact) mass is 266 g/mol. The molecule has 1 aromatic carbocycles. The molecule has 0 radical (unpaired) electrons. The Morgan fingerprint density at radius 2 is 1.78 bits per heavy atom. The van der Waals surface area contributed by atoms with Gasteiger partial charge in [-0.1, -0.05) is 29.8 Å². The second kappa shape index (κ2) is 4.84. The van der Waals surface area contributed by atoms with Crippen LogP contribution in [0, 0.1) is 5.92 Å². The van der Waals surface area contributed by atoms with Crippen LogP contribution in [0.25, 0.3) is 0 Å². The third kappa shape index (κ3) is 1.97. The number of ether oxygens (including phenoxy) is 1. The summed E-state index contributed by atoms with van der Waals surface area (Å²) in [5.74, 6) is 0.592. The molecule has 0 aromatic heterocycles. The van der Waals surface area contributed by atoms with E-state index in [1.54, 1.807) is 0 Å². The van der Waals surface area contributed by atoms with Gasteiger partial charge >= 0.3 is 0 Å². The molecule has 0 bridgehead atoms. The lowest BCUT2D eigenvalue weighted by atomic mass is 9.63. The Bertz CT molecular complexity index is 420. The van der Waals surface area contributed by atoms with Crippen molar-refractivity contribution in [2.24, 2.45) is 5.92 Å². The van der Waals surface area contributed by atoms with Crippen LogP contribution >= 0.6 is 11.6 Å². The number of hydrogen-bond donors (Lipinski definition) is 1. The minimum atomic E-state index is -0.106. The van der Waals surface area contributed by atoms with Crippen LogP contribution in [0.4, 0.5) is 0 Å². The van der Waals surface area contributed by atoms with Crippen LogP contribution in [0.15, 0.2) is 24.3 Å². The Morgan fingerprint density at radius 3 is 2.33 bits per heavy atom. The van der Waals surface area contributed by atoms with E-state index in [9.17, 15) is 5.11 Å². The number of rotatable bonds is 2. The smallest absolute Gasteiger partial charge is 0.0588 e. The fourth-order valence-electron chi connectivity index (χ4n) is 3.43. The molecule has 0 unspecified atom stereocenters. The summed E-state index contributed by atoms with van der Waals surface area (Å²) in [6, 6.07) is 8.13. The van der Waals surface area contributed by atoms with Crippen molar-refractivity contribution in [2.45, 2.75) is 37.2 Å². The van der Waals surface area contributed by atoms with Crippen molar-refractivity contribution in [1.82, 2.24) is 0 Å². The van der Waals surface area contributed by atoms with Gasteiger partial charge in [-0.15, -0.1) is 0 Å². The molecule has 0 spiro atoms. The van der Waals surface area contributed by atoms with E-state index in [0.717, 1.165) is 43.9 Å². The maximum Gasteiger partial charge on any atom is 0.0588 e. The summed E-state index contributed by atoms with van der Waals surface area (Å²) < 4.78 is 5.51. The summed E-state index contributed by atoms with van der Waals surface area (Å²) in [7, 11) is 0. The van der Waals surface area contributed by atoms with E-state index >= 15 is 0 Å². The highest BCUT2D eigenvalue weighted by molar-refractivity contribution is 6.31. The Morgan fingerprint density at radius 1 is 1.11 bits per heavy atom. The van der Waals surface area contributed by atoms with Gasteiger partial charge in [0.1, 0.15) is 0 Å². The molecule has 1 saturated carbocycles. The van der Waals surface area contributed by atoms with Crippen molar-refractivity contribution in [2.75, 3.05) is 13.2 Å². The maximum atomic E-state index is 9.65. The van der Waals surface area contributed by atoms with Crippen LogP contribution in [0.5, 0.6) is 0 Å². The Balaban J connectivity index is 1.88. The first-order valence-corrected chi connectivity index (χ1v) is 7.11. The first-order chi connectivity index (χ1) is 8.72. The summed E-state index contributed by atoms with van der Waals surface area (Å²) >= 11 is 6.36. The van der Waals surface area contributed by atoms with Crippen LogP contribution in [0.3, 0.4) is 0 Å². The zero-order valence-corrected chi connectivity index (χ0v) is 11.2. The quantitative estimate of drug-likeness (QED) is 0.891. The second-order valence-electron chi connectivity index (χ2n) is 5.63. The molecule has 0 amide bonds. The minimum Gasteiger partial charge on any atom is -0.393 e. The summed E-state index contributed by atoms with van der Waals surface area (Å²) in [5.41, 5.74) is 1.33. The molecule has 98 valence electrons. The van der Waals surface area contributed by atoms with E-state index in [1.165, 1.54) is 5.56 Å². The van der Waals surface area contributed by atoms with Crippen molar-refractivity contribution in [3.8, 4) is 0 Å². The van der Waals surface area contributed by atoms with Gasteiger partial charge in [0.05, 0.1) is 19.3 Å². The van der Waals surface area contributed by atoms with Crippen LogP contribution in [-0.4, -0.2) is 24.4 Å². The highest BCUT2D eigenvalue weighted by atomic mass is 35.5. The molecule has 3 rings (SSSR count). The molecule has 18 heavy (non-hydrogen) atoms. The topological polar surface area (TPSA) is 29.5 Å². The first-order valence-electron chi connectivity index (χ1n) is 6.73. The molecule has 2 nitrogen and oxygen atoms in total. The van der Waals surface area contributed by atoms with E-state index < -0.39 is 0 Å². The van der Waals surface area contributed by atoms with Gasteiger partial charge in [-0.2, -0.15) is 0 Å². The SMILES string of the molecule is OC1CCC(C2(c3ccccc3Cl)COC2)CC1. The summed E-state index contributed by atoms with van der Waals surface area (Å²) in [4.78, 5) is 0. The number of halogens is 1. The lowest BCUT2D eigenvalue weighted by Crippen LogP contribution is -2.53. The summed E-state index contributed by atoms with van der Waals surface area (Å²) in [6.07, 6.45) is 3.88. The van der Waals surface area contributed by atoms with Gasteiger partial charge in [0.2, 0.25) is 0 Å². The Labute approximate surface area is 113 Å². The lowest BCUT2D eigenvalue weighted by Gasteiger charge is -2.50. The van der Waals surface area contributed by atoms with E-state index in [-0.39, 0.29) is 11.5 Å². The van der Waals surface area contributed by atoms with Gasteiger partial charge in [0.15, 0.2) is 0 Å². The Hall–Kier alpha value is -0.570. The molecule has 1 aliphatic heterocycles. The highest BCUT2D eigenvalue weighted by Gasteiger charge is 2.48. The van der Waals surface area contributed by atoms with Crippen molar-refractivity contribution < 1.29 is 9.84 Å². The number of aliphatic hydroxyl groups is 1. The predicted octanol–water partition coefficient (Wildman–Crippen LogP) is 3.16. The molecule has 1 aromatic rings. The zero-order valence-electron chi connectivity index (χ0n) is 10.4. The predicted molar refractivity (Wildman–Crippen MR) is 71.9 cm³/mol. The summed E-state index contributed by atoms with van der Waals surface area (Å²) in [5, 5.41) is 10.5. The third-order valence-corrected chi connectivity index (χ3v) is 4.94. The lowest BCUT2D eigenvalue weighted by molar-refractivity contribution is -0.103. The van der Waals surface area contributed by atoms with Crippen molar-refractivity contribution in [3.05, 3.63) is 34.9 Å². The average Bonchev–Trinajstić information content (AvgIpc) is 2.32. The number of aliphatic hydroxyl groups excluding tert-OH is 1. The summed E-state index contributed by atoms with van der Waals surface area (Å²) in [6.45, 7) is 1.55. The van der Waals surface area contributed by atoms with Crippen LogP contribution in [-0.2, 0) is 10.2 Å². The largest absolute Gasteiger partial charge is 0.393 e. The highest BCUT2D eigenvalue weighted by Crippen LogP contribution is 2.47. The van der Waals surface area contributed by atoms with Gasteiger partial charge in [-0.05, 0) is 43.2 Å². The fraction of sp³-hybridized carbons (Fsp3) is 0.600. The molecule has 2 fully saturated rings. The van der Waals surface area contributed by atoms with Gasteiger partial charge in [0, 0.05) is 10.4 Å². The Kier molecular flexibility index (Phi) is 3.35. The number of hydrogen-bond acceptors (Lipinski definition) is 2. The molecule has 1 heterocycles. The normalized spacial score (nSPS) is 30.8. The van der Waals surface area contributed by atoms with E-state index in [1.807, 2.05) is 12.1 Å². The minimum absolute atomic E-state index is 0.0957. The van der Waals surface area contributed by atoms with Crippen LogP contribution < -0.4 is 0 Å². The van der Waals surface area contributed by atoms with E-state index in [2.05, 4.69) is 12.1 Å². The van der Waals surface area contributed by atoms with Gasteiger partial charge in [-0.25, -0.2) is 0 Å². The third-order valence-electron chi connectivity index (χ3n) is 4.61. The van der Waals surface area contributed by atoms with Gasteiger partial charge < -0.3 is 9.84 Å². The maximum absolute atomic E-state index is 9.65. The molecule has 3 heteroatoms. The average molecular weight is 267 g/mol. The molecule has 1 N–H and O–H groups in total. The van der Waals surface area contributed by atoms with Crippen LogP contribution in [0.2, 0.25) is 5.02 Å². The van der Waals surface area contributed by atoms with Gasteiger partial charge in [0.25, 0.3) is 0 Å². The molecule has 1 saturated heterocycles. The standard InChI is InChI=1S/C15H19ClO2/c16-14-4-2-1-3-13(14)15(9-18-10-15)11-5-7-12(17)8-6-11/h1-4,11-12,17H,5-10H2. The number of benzene rings is 1. The second-order valence-corrected chi connectivity index (χ2v) is 6.04. The zero-order chi connectivity index (χ0) is 12.6. The molecule has 2 aliphatic rings. The molecule has 1 aliphatic carbocycles. The van der Waals surface area contributed by atoms with Crippen molar-refractivity contribution in [3.63, 3.8) is 0 Å². The van der Waals surface area contributed by atoms with E-state index in [4.69, 9.17) is 16.3 Å². The molecule has 0 atom stereocenters. The van der Waals surface area contributed by atoms with Crippen molar-refractivity contribution >= 4 is 11.6 Å².